The normalized spacial score (nSPS) is 18.4. The Kier molecular flexibility index (Phi) is 19.4. The van der Waals surface area contributed by atoms with E-state index in [1.807, 2.05) is 12.1 Å². The quantitative estimate of drug-likeness (QED) is 0.0374. The van der Waals surface area contributed by atoms with Crippen molar-refractivity contribution in [3.63, 3.8) is 0 Å². The monoisotopic (exact) mass is 1060 g/mol. The Bertz CT molecular complexity index is 2620. The summed E-state index contributed by atoms with van der Waals surface area (Å²) >= 11 is 0. The number of fused-ring (bicyclic) bond motifs is 2. The number of hydrogen-bond donors (Lipinski definition) is 6. The van der Waals surface area contributed by atoms with Crippen molar-refractivity contribution in [2.45, 2.75) is 87.2 Å². The Morgan fingerprint density at radius 2 is 0.750 bits per heavy atom. The number of benzene rings is 4. The molecule has 0 fully saturated rings. The molecule has 2 aliphatic rings. The van der Waals surface area contributed by atoms with E-state index in [2.05, 4.69) is 10.6 Å². The van der Waals surface area contributed by atoms with Crippen molar-refractivity contribution in [2.24, 2.45) is 22.9 Å². The van der Waals surface area contributed by atoms with E-state index in [1.54, 1.807) is 48.5 Å². The molecular weight excluding hydrogens is 989 g/mol. The lowest BCUT2D eigenvalue weighted by Gasteiger charge is -2.42. The number of ether oxygens (including phenoxy) is 10. The van der Waals surface area contributed by atoms with Gasteiger partial charge in [0.1, 0.15) is 24.4 Å². The van der Waals surface area contributed by atoms with Gasteiger partial charge in [0.25, 0.3) is 0 Å². The Hall–Kier alpha value is -7.34. The predicted molar refractivity (Wildman–Crippen MR) is 273 cm³/mol. The molecule has 0 saturated carbocycles. The largest absolute Gasteiger partial charge is 0.493 e. The third kappa shape index (κ3) is 13.0. The van der Waals surface area contributed by atoms with E-state index < -0.39 is 71.4 Å². The third-order valence-corrected chi connectivity index (χ3v) is 13.9. The van der Waals surface area contributed by atoms with Crippen molar-refractivity contribution in [3.8, 4) is 23.0 Å². The van der Waals surface area contributed by atoms with Gasteiger partial charge in [0, 0.05) is 91.2 Å². The Balaban J connectivity index is 1.53. The Morgan fingerprint density at radius 1 is 0.447 bits per heavy atom. The number of carbonyl (C=O) groups excluding carboxylic acids is 6. The predicted octanol–water partition coefficient (Wildman–Crippen LogP) is 0.761. The molecule has 10 N–H and O–H groups in total. The van der Waals surface area contributed by atoms with Crippen LogP contribution < -0.4 is 52.5 Å². The first kappa shape index (κ1) is 57.9. The number of nitrogens with one attached hydrogen (secondary N) is 2. The van der Waals surface area contributed by atoms with E-state index in [-0.39, 0.29) is 51.6 Å². The fourth-order valence-electron chi connectivity index (χ4n) is 9.92. The summed E-state index contributed by atoms with van der Waals surface area (Å²) in [4.78, 5) is 80.3. The van der Waals surface area contributed by atoms with E-state index in [4.69, 9.17) is 70.3 Å². The van der Waals surface area contributed by atoms with Gasteiger partial charge in [0.05, 0.1) is 28.4 Å². The minimum absolute atomic E-state index is 0.0124. The highest BCUT2D eigenvalue weighted by atomic mass is 16.6. The molecule has 22 heteroatoms. The lowest BCUT2D eigenvalue weighted by atomic mass is 9.82. The molecule has 4 amide bonds. The Labute approximate surface area is 440 Å². The van der Waals surface area contributed by atoms with Crippen LogP contribution in [0.1, 0.15) is 55.6 Å². The van der Waals surface area contributed by atoms with Crippen LogP contribution in [0.25, 0.3) is 0 Å². The molecule has 2 heterocycles. The average molecular weight is 1060 g/mol. The van der Waals surface area contributed by atoms with E-state index >= 15 is 9.59 Å². The summed E-state index contributed by atoms with van der Waals surface area (Å²) in [5, 5.41) is 6.77. The number of esters is 2. The summed E-state index contributed by atoms with van der Waals surface area (Å²) in [5.41, 5.74) is 24.8. The van der Waals surface area contributed by atoms with Crippen molar-refractivity contribution < 1.29 is 76.1 Å². The van der Waals surface area contributed by atoms with Crippen molar-refractivity contribution in [3.05, 3.63) is 116 Å². The summed E-state index contributed by atoms with van der Waals surface area (Å²) < 4.78 is 57.2. The van der Waals surface area contributed by atoms with Crippen molar-refractivity contribution >= 4 is 35.6 Å². The number of methoxy groups -OCH3 is 8. The fraction of sp³-hybridized carbons (Fsp3) is 0.444. The standard InChI is InChI=1S/C54H68N6O16/c1-67-39-11-9-29(17-41(39)69-3)27-53(37-21-35(25-45(73-7)49(57)63)33(19-31(37)13-15-59-53)23-43(71-5)47(55)61)75-51(65)52(66)76-54(28-30-10-12-40(68-2)42(18-30)70-4)38-22-36(26-46(74-8)50(58)64)34(20-32(38)14-16-60-54)24-44(72-6)48(56)62/h9-12,17-22,43-46,59-60H,13-16,23-28H2,1-8H3,(H2,55,61)(H2,56,62)(H2,57,63)(H2,58,64). The van der Waals surface area contributed by atoms with Gasteiger partial charge in [-0.3, -0.25) is 29.8 Å². The highest BCUT2D eigenvalue weighted by molar-refractivity contribution is 6.30. The van der Waals surface area contributed by atoms with Gasteiger partial charge >= 0.3 is 11.9 Å². The van der Waals surface area contributed by atoms with Crippen LogP contribution in [-0.2, 0) is 120 Å². The zero-order chi connectivity index (χ0) is 55.5. The lowest BCUT2D eigenvalue weighted by molar-refractivity contribution is -0.193. The minimum atomic E-state index is -1.82. The molecule has 0 radical (unpaired) electrons. The van der Waals surface area contributed by atoms with Crippen LogP contribution >= 0.6 is 0 Å². The molecule has 76 heavy (non-hydrogen) atoms. The van der Waals surface area contributed by atoms with E-state index in [1.165, 1.54) is 56.9 Å². The summed E-state index contributed by atoms with van der Waals surface area (Å²) in [6.07, 6.45) is -3.87. The average Bonchev–Trinajstić information content (AvgIpc) is 3.41. The molecule has 22 nitrogen and oxygen atoms in total. The van der Waals surface area contributed by atoms with E-state index in [0.29, 0.717) is 91.5 Å². The van der Waals surface area contributed by atoms with E-state index in [0.717, 1.165) is 0 Å². The molecule has 4 aromatic rings. The maximum Gasteiger partial charge on any atom is 0.419 e. The molecule has 0 saturated heterocycles. The van der Waals surface area contributed by atoms with Crippen LogP contribution in [-0.4, -0.2) is 130 Å². The molecule has 0 bridgehead atoms. The third-order valence-electron chi connectivity index (χ3n) is 13.9. The zero-order valence-electron chi connectivity index (χ0n) is 44.0. The first-order chi connectivity index (χ1) is 36.3. The van der Waals surface area contributed by atoms with Gasteiger partial charge in [-0.2, -0.15) is 0 Å². The van der Waals surface area contributed by atoms with Crippen LogP contribution in [0.2, 0.25) is 0 Å². The molecule has 410 valence electrons. The number of rotatable bonds is 26. The van der Waals surface area contributed by atoms with Gasteiger partial charge in [-0.25, -0.2) is 9.59 Å². The van der Waals surface area contributed by atoms with Crippen LogP contribution in [0.3, 0.4) is 0 Å². The van der Waals surface area contributed by atoms with Gasteiger partial charge in [-0.05, 0) is 93.7 Å². The van der Waals surface area contributed by atoms with Gasteiger partial charge in [-0.15, -0.1) is 0 Å². The molecule has 6 unspecified atom stereocenters. The number of nitrogens with two attached hydrogens (primary N) is 4. The summed E-state index contributed by atoms with van der Waals surface area (Å²) in [7, 11) is 11.3. The van der Waals surface area contributed by atoms with Gasteiger partial charge < -0.3 is 70.3 Å². The molecule has 0 aromatic heterocycles. The molecule has 2 aliphatic heterocycles. The van der Waals surface area contributed by atoms with Crippen LogP contribution in [0, 0.1) is 0 Å². The second-order valence-electron chi connectivity index (χ2n) is 18.4. The summed E-state index contributed by atoms with van der Waals surface area (Å²) in [6, 6.07) is 17.4. The SMILES string of the molecule is COc1ccc(CC2(OC(=O)C(=O)OC3(Cc4ccc(OC)c(OC)c4)NCCc4cc(CC(OC)C(N)=O)c(CC(OC)C(N)=O)cc43)NCCc3cc(CC(OC)C(N)=O)c(CC(OC)C(N)=O)cc32)cc1OC. The molecule has 6 atom stereocenters. The maximum absolute atomic E-state index is 15.0. The number of primary amides is 4. The van der Waals surface area contributed by atoms with Crippen LogP contribution in [0.5, 0.6) is 23.0 Å². The first-order valence-corrected chi connectivity index (χ1v) is 24.3. The summed E-state index contributed by atoms with van der Waals surface area (Å²) in [6.45, 7) is 0.452. The molecular formula is C54H68N6O16. The van der Waals surface area contributed by atoms with Gasteiger partial charge in [-0.1, -0.05) is 24.3 Å². The Morgan fingerprint density at radius 3 is 1.03 bits per heavy atom. The van der Waals surface area contributed by atoms with Crippen molar-refractivity contribution in [1.82, 2.24) is 10.6 Å². The van der Waals surface area contributed by atoms with Gasteiger partial charge in [0.15, 0.2) is 34.4 Å². The highest BCUT2D eigenvalue weighted by Gasteiger charge is 2.47. The maximum atomic E-state index is 15.0. The molecule has 6 rings (SSSR count). The van der Waals surface area contributed by atoms with Gasteiger partial charge in [0.2, 0.25) is 23.6 Å². The zero-order valence-corrected chi connectivity index (χ0v) is 44.0. The lowest BCUT2D eigenvalue weighted by Crippen LogP contribution is -2.55. The molecule has 0 aliphatic carbocycles. The number of amides is 4. The molecule has 4 aromatic carbocycles. The fourth-order valence-corrected chi connectivity index (χ4v) is 9.92. The van der Waals surface area contributed by atoms with Crippen LogP contribution in [0.15, 0.2) is 60.7 Å². The second-order valence-corrected chi connectivity index (χ2v) is 18.4. The first-order valence-electron chi connectivity index (χ1n) is 24.3. The van der Waals surface area contributed by atoms with Crippen LogP contribution in [0.4, 0.5) is 0 Å². The molecule has 0 spiro atoms. The number of carbonyl (C=O) groups is 6. The van der Waals surface area contributed by atoms with E-state index in [9.17, 15) is 19.2 Å². The summed E-state index contributed by atoms with van der Waals surface area (Å²) in [5.74, 6) is -4.15. The second kappa shape index (κ2) is 25.5. The number of hydrogen-bond acceptors (Lipinski definition) is 18. The minimum Gasteiger partial charge on any atom is -0.493 e. The van der Waals surface area contributed by atoms with Crippen molar-refractivity contribution in [2.75, 3.05) is 70.0 Å². The smallest absolute Gasteiger partial charge is 0.419 e. The topological polar surface area (TPSA) is 323 Å². The van der Waals surface area contributed by atoms with Crippen molar-refractivity contribution in [1.29, 1.82) is 0 Å². The highest BCUT2D eigenvalue weighted by Crippen LogP contribution is 2.41.